The minimum Gasteiger partial charge on any atom is -0.496 e. The Balaban J connectivity index is 2.30. The second kappa shape index (κ2) is 5.88. The summed E-state index contributed by atoms with van der Waals surface area (Å²) in [5, 5.41) is 3.51. The van der Waals surface area contributed by atoms with Gasteiger partial charge in [0.2, 0.25) is 11.2 Å². The Bertz CT molecular complexity index is 552. The topological polar surface area (TPSA) is 59.9 Å². The highest BCUT2D eigenvalue weighted by molar-refractivity contribution is 7.99. The third kappa shape index (κ3) is 3.02. The highest BCUT2D eigenvalue weighted by Crippen LogP contribution is 2.33. The number of aromatic nitrogens is 3. The molecular formula is C11H11ClN4OS. The number of nitrogens with zero attached hydrogens (tertiary/aromatic N) is 3. The van der Waals surface area contributed by atoms with Gasteiger partial charge in [0, 0.05) is 7.05 Å². The van der Waals surface area contributed by atoms with Crippen LogP contribution in [0.2, 0.25) is 5.28 Å². The number of ether oxygens (including phenoxy) is 1. The molecule has 1 N–H and O–H groups in total. The van der Waals surface area contributed by atoms with Crippen LogP contribution < -0.4 is 10.1 Å². The summed E-state index contributed by atoms with van der Waals surface area (Å²) in [6, 6.07) is 7.64. The summed E-state index contributed by atoms with van der Waals surface area (Å²) >= 11 is 7.19. The zero-order valence-electron chi connectivity index (χ0n) is 9.85. The van der Waals surface area contributed by atoms with Crippen molar-refractivity contribution < 1.29 is 4.74 Å². The molecular weight excluding hydrogens is 272 g/mol. The number of hydrogen-bond donors (Lipinski definition) is 1. The largest absolute Gasteiger partial charge is 0.496 e. The molecule has 1 aromatic carbocycles. The zero-order chi connectivity index (χ0) is 13.0. The van der Waals surface area contributed by atoms with Crippen LogP contribution in [0.15, 0.2) is 34.3 Å². The van der Waals surface area contributed by atoms with Gasteiger partial charge in [-0.3, -0.25) is 0 Å². The van der Waals surface area contributed by atoms with E-state index in [9.17, 15) is 0 Å². The fourth-order valence-electron chi connectivity index (χ4n) is 1.29. The maximum Gasteiger partial charge on any atom is 0.228 e. The van der Waals surface area contributed by atoms with Crippen molar-refractivity contribution in [1.82, 2.24) is 15.0 Å². The van der Waals surface area contributed by atoms with Gasteiger partial charge in [-0.05, 0) is 35.5 Å². The number of para-hydroxylation sites is 1. The molecule has 0 aliphatic rings. The van der Waals surface area contributed by atoms with Crippen molar-refractivity contribution in [2.45, 2.75) is 10.1 Å². The lowest BCUT2D eigenvalue weighted by molar-refractivity contribution is 0.405. The molecule has 0 radical (unpaired) electrons. The molecule has 0 aliphatic carbocycles. The Kier molecular flexibility index (Phi) is 4.22. The first-order valence-corrected chi connectivity index (χ1v) is 6.32. The average molecular weight is 283 g/mol. The molecule has 0 unspecified atom stereocenters. The van der Waals surface area contributed by atoms with Crippen LogP contribution in [0.4, 0.5) is 5.95 Å². The lowest BCUT2D eigenvalue weighted by Gasteiger charge is -2.07. The van der Waals surface area contributed by atoms with Crippen molar-refractivity contribution in [3.8, 4) is 5.75 Å². The van der Waals surface area contributed by atoms with Gasteiger partial charge in [0.1, 0.15) is 5.75 Å². The van der Waals surface area contributed by atoms with E-state index in [2.05, 4.69) is 20.3 Å². The minimum absolute atomic E-state index is 0.159. The Morgan fingerprint density at radius 1 is 1.22 bits per heavy atom. The van der Waals surface area contributed by atoms with E-state index in [-0.39, 0.29) is 5.28 Å². The average Bonchev–Trinajstić information content (AvgIpc) is 2.38. The standard InChI is InChI=1S/C11H11ClN4OS/c1-13-10-14-9(12)15-11(16-10)18-8-6-4-3-5-7(8)17-2/h3-6H,1-2H3,(H,13,14,15,16). The highest BCUT2D eigenvalue weighted by atomic mass is 35.5. The van der Waals surface area contributed by atoms with Gasteiger partial charge in [0.05, 0.1) is 12.0 Å². The lowest BCUT2D eigenvalue weighted by atomic mass is 10.3. The van der Waals surface area contributed by atoms with Gasteiger partial charge in [0.25, 0.3) is 0 Å². The van der Waals surface area contributed by atoms with Crippen LogP contribution in [0.25, 0.3) is 0 Å². The van der Waals surface area contributed by atoms with E-state index in [1.807, 2.05) is 24.3 Å². The summed E-state index contributed by atoms with van der Waals surface area (Å²) in [4.78, 5) is 13.1. The van der Waals surface area contributed by atoms with Gasteiger partial charge < -0.3 is 10.1 Å². The van der Waals surface area contributed by atoms with Gasteiger partial charge in [-0.1, -0.05) is 12.1 Å². The van der Waals surface area contributed by atoms with Gasteiger partial charge in [-0.15, -0.1) is 0 Å². The Labute approximate surface area is 114 Å². The lowest BCUT2D eigenvalue weighted by Crippen LogP contribution is -2.00. The van der Waals surface area contributed by atoms with E-state index < -0.39 is 0 Å². The maximum atomic E-state index is 5.82. The molecule has 7 heteroatoms. The number of halogens is 1. The van der Waals surface area contributed by atoms with Crippen LogP contribution in [-0.4, -0.2) is 29.1 Å². The van der Waals surface area contributed by atoms with Crippen LogP contribution in [0.3, 0.4) is 0 Å². The summed E-state index contributed by atoms with van der Waals surface area (Å²) in [6.07, 6.45) is 0. The summed E-state index contributed by atoms with van der Waals surface area (Å²) in [5.74, 6) is 1.21. The van der Waals surface area contributed by atoms with Crippen LogP contribution in [0.5, 0.6) is 5.75 Å². The molecule has 18 heavy (non-hydrogen) atoms. The van der Waals surface area contributed by atoms with E-state index in [4.69, 9.17) is 16.3 Å². The fourth-order valence-corrected chi connectivity index (χ4v) is 2.36. The van der Waals surface area contributed by atoms with Gasteiger partial charge in [-0.25, -0.2) is 0 Å². The van der Waals surface area contributed by atoms with Crippen LogP contribution in [0, 0.1) is 0 Å². The third-order valence-corrected chi connectivity index (χ3v) is 3.17. The van der Waals surface area contributed by atoms with Gasteiger partial charge in [0.15, 0.2) is 5.16 Å². The summed E-state index contributed by atoms with van der Waals surface area (Å²) in [7, 11) is 3.35. The predicted molar refractivity (Wildman–Crippen MR) is 71.5 cm³/mol. The van der Waals surface area contributed by atoms with E-state index in [1.54, 1.807) is 14.2 Å². The molecule has 0 saturated heterocycles. The maximum absolute atomic E-state index is 5.82. The van der Waals surface area contributed by atoms with E-state index in [0.29, 0.717) is 11.1 Å². The third-order valence-electron chi connectivity index (χ3n) is 2.08. The van der Waals surface area contributed by atoms with E-state index in [0.717, 1.165) is 10.6 Å². The smallest absolute Gasteiger partial charge is 0.228 e. The van der Waals surface area contributed by atoms with E-state index in [1.165, 1.54) is 11.8 Å². The molecule has 0 fully saturated rings. The molecule has 5 nitrogen and oxygen atoms in total. The number of benzene rings is 1. The monoisotopic (exact) mass is 282 g/mol. The van der Waals surface area contributed by atoms with Crippen molar-refractivity contribution in [3.63, 3.8) is 0 Å². The minimum atomic E-state index is 0.159. The summed E-state index contributed by atoms with van der Waals surface area (Å²) < 4.78 is 5.26. The number of nitrogens with one attached hydrogen (secondary N) is 1. The number of hydrogen-bond acceptors (Lipinski definition) is 6. The number of rotatable bonds is 4. The van der Waals surface area contributed by atoms with Crippen molar-refractivity contribution >= 4 is 29.3 Å². The van der Waals surface area contributed by atoms with Crippen LogP contribution >= 0.6 is 23.4 Å². The molecule has 0 spiro atoms. The molecule has 1 heterocycles. The van der Waals surface area contributed by atoms with Gasteiger partial charge in [-0.2, -0.15) is 15.0 Å². The molecule has 0 bridgehead atoms. The number of methoxy groups -OCH3 is 1. The molecule has 94 valence electrons. The first-order valence-electron chi connectivity index (χ1n) is 5.13. The van der Waals surface area contributed by atoms with Crippen molar-refractivity contribution in [2.75, 3.05) is 19.5 Å². The second-order valence-electron chi connectivity index (χ2n) is 3.21. The highest BCUT2D eigenvalue weighted by Gasteiger charge is 2.09. The summed E-state index contributed by atoms with van der Waals surface area (Å²) in [6.45, 7) is 0. The second-order valence-corrected chi connectivity index (χ2v) is 4.56. The van der Waals surface area contributed by atoms with Crippen LogP contribution in [-0.2, 0) is 0 Å². The van der Waals surface area contributed by atoms with E-state index >= 15 is 0 Å². The predicted octanol–water partition coefficient (Wildman–Crippen LogP) is 2.73. The molecule has 2 rings (SSSR count). The normalized spacial score (nSPS) is 10.2. The first-order chi connectivity index (χ1) is 8.72. The molecule has 0 atom stereocenters. The van der Waals surface area contributed by atoms with Crippen LogP contribution in [0.1, 0.15) is 0 Å². The quantitative estimate of drug-likeness (QED) is 0.930. The molecule has 0 aliphatic heterocycles. The molecule has 2 aromatic rings. The van der Waals surface area contributed by atoms with Crippen molar-refractivity contribution in [2.24, 2.45) is 0 Å². The van der Waals surface area contributed by atoms with Crippen molar-refractivity contribution in [3.05, 3.63) is 29.5 Å². The Hall–Kier alpha value is -1.53. The number of anilines is 1. The molecule has 0 saturated carbocycles. The van der Waals surface area contributed by atoms with Crippen molar-refractivity contribution in [1.29, 1.82) is 0 Å². The Morgan fingerprint density at radius 2 is 2.00 bits per heavy atom. The molecule has 1 aromatic heterocycles. The fraction of sp³-hybridized carbons (Fsp3) is 0.182. The molecule has 0 amide bonds. The van der Waals surface area contributed by atoms with Gasteiger partial charge >= 0.3 is 0 Å². The SMILES string of the molecule is CNc1nc(Cl)nc(Sc2ccccc2OC)n1. The first kappa shape index (κ1) is 12.9. The zero-order valence-corrected chi connectivity index (χ0v) is 11.4. The summed E-state index contributed by atoms with van der Waals surface area (Å²) in [5.41, 5.74) is 0. The Morgan fingerprint density at radius 3 is 2.72 bits per heavy atom.